The van der Waals surface area contributed by atoms with Crippen molar-refractivity contribution in [3.8, 4) is 0 Å². The number of nitrogens with zero attached hydrogens (tertiary/aromatic N) is 4. The number of halogens is 6. The van der Waals surface area contributed by atoms with E-state index >= 15 is 0 Å². The smallest absolute Gasteiger partial charge is 0.341 e. The fraction of sp³-hybridized carbons (Fsp3) is 0.571. The lowest BCUT2D eigenvalue weighted by Gasteiger charge is -2.42. The number of hydrogen-bond acceptors (Lipinski definition) is 4. The van der Waals surface area contributed by atoms with Gasteiger partial charge in [-0.1, -0.05) is 24.6 Å². The molecule has 2 aromatic rings. The zero-order valence-electron chi connectivity index (χ0n) is 27.7. The first-order chi connectivity index (χ1) is 23.8. The van der Waals surface area contributed by atoms with Crippen molar-refractivity contribution in [3.63, 3.8) is 0 Å². The molecule has 3 fully saturated rings. The van der Waals surface area contributed by atoms with Crippen LogP contribution in [0.1, 0.15) is 67.2 Å². The molecule has 3 saturated heterocycles. The Bertz CT molecular complexity index is 1510. The number of anilines is 1. The van der Waals surface area contributed by atoms with Crippen LogP contribution < -0.4 is 10.6 Å². The van der Waals surface area contributed by atoms with Crippen LogP contribution in [0.15, 0.2) is 42.5 Å². The normalized spacial score (nSPS) is 20.7. The summed E-state index contributed by atoms with van der Waals surface area (Å²) in [7, 11) is 0. The van der Waals surface area contributed by atoms with Gasteiger partial charge in [0.2, 0.25) is 5.91 Å². The topological polar surface area (TPSA) is 88.2 Å². The van der Waals surface area contributed by atoms with Gasteiger partial charge in [0, 0.05) is 56.9 Å². The number of urea groups is 2. The zero-order valence-corrected chi connectivity index (χ0v) is 27.7. The number of hydrogen-bond donors (Lipinski definition) is 2. The Morgan fingerprint density at radius 2 is 1.36 bits per heavy atom. The van der Waals surface area contributed by atoms with Crippen LogP contribution in [0.25, 0.3) is 0 Å². The molecule has 2 aromatic carbocycles. The molecule has 50 heavy (non-hydrogen) atoms. The van der Waals surface area contributed by atoms with E-state index in [1.165, 1.54) is 11.3 Å². The molecule has 0 bridgehead atoms. The van der Waals surface area contributed by atoms with Gasteiger partial charge in [-0.2, -0.15) is 26.3 Å². The van der Waals surface area contributed by atoms with Gasteiger partial charge in [0.05, 0.1) is 11.1 Å². The number of para-hydroxylation sites is 1. The molecule has 6 rings (SSSR count). The van der Waals surface area contributed by atoms with Crippen molar-refractivity contribution in [1.29, 1.82) is 0 Å². The number of piperidine rings is 3. The van der Waals surface area contributed by atoms with Crippen LogP contribution in [0.5, 0.6) is 0 Å². The number of rotatable bonds is 6. The predicted octanol–water partition coefficient (Wildman–Crippen LogP) is 6.33. The second kappa shape index (κ2) is 14.7. The molecular weight excluding hydrogens is 666 g/mol. The zero-order chi connectivity index (χ0) is 35.6. The summed E-state index contributed by atoms with van der Waals surface area (Å²) in [4.78, 5) is 47.6. The third kappa shape index (κ3) is 8.30. The van der Waals surface area contributed by atoms with Gasteiger partial charge >= 0.3 is 24.4 Å². The van der Waals surface area contributed by atoms with Crippen LogP contribution in [-0.2, 0) is 30.1 Å². The number of alkyl halides is 6. The van der Waals surface area contributed by atoms with Crippen LogP contribution in [0, 0.1) is 0 Å². The van der Waals surface area contributed by atoms with E-state index in [0.717, 1.165) is 37.2 Å². The number of carbonyl (C=O) groups excluding carboxylic acids is 3. The first-order valence-corrected chi connectivity index (χ1v) is 17.3. The molecule has 5 amide bonds. The Balaban J connectivity index is 1.16. The average molecular weight is 709 g/mol. The molecule has 0 spiro atoms. The largest absolute Gasteiger partial charge is 0.416 e. The predicted molar refractivity (Wildman–Crippen MR) is 173 cm³/mol. The lowest BCUT2D eigenvalue weighted by atomic mass is 9.96. The van der Waals surface area contributed by atoms with Crippen molar-refractivity contribution in [2.75, 3.05) is 44.6 Å². The van der Waals surface area contributed by atoms with Crippen molar-refractivity contribution >= 4 is 23.7 Å². The number of fused-ring (bicyclic) bond motifs is 1. The minimum atomic E-state index is -5.05. The summed E-state index contributed by atoms with van der Waals surface area (Å²) in [6.07, 6.45) is -4.95. The minimum absolute atomic E-state index is 0.0512. The molecule has 0 aliphatic carbocycles. The molecule has 2 N–H and O–H groups in total. The fourth-order valence-electron chi connectivity index (χ4n) is 7.67. The van der Waals surface area contributed by atoms with E-state index < -0.39 is 47.9 Å². The first kappa shape index (κ1) is 35.8. The number of nitrogens with one attached hydrogen (secondary N) is 2. The highest BCUT2D eigenvalue weighted by Crippen LogP contribution is 2.37. The Morgan fingerprint density at radius 3 is 1.98 bits per heavy atom. The molecule has 4 aliphatic rings. The van der Waals surface area contributed by atoms with Crippen molar-refractivity contribution < 1.29 is 40.7 Å². The molecule has 0 saturated carbocycles. The van der Waals surface area contributed by atoms with Gasteiger partial charge in [-0.05, 0) is 87.0 Å². The monoisotopic (exact) mass is 708 g/mol. The van der Waals surface area contributed by atoms with E-state index in [-0.39, 0.29) is 36.8 Å². The van der Waals surface area contributed by atoms with Crippen molar-refractivity contribution in [2.45, 2.75) is 88.4 Å². The summed E-state index contributed by atoms with van der Waals surface area (Å²) in [6, 6.07) is 6.63. The Kier molecular flexibility index (Phi) is 10.5. The highest BCUT2D eigenvalue weighted by molar-refractivity contribution is 5.92. The van der Waals surface area contributed by atoms with Crippen LogP contribution in [0.4, 0.5) is 41.6 Å². The van der Waals surface area contributed by atoms with E-state index in [4.69, 9.17) is 0 Å². The summed E-state index contributed by atoms with van der Waals surface area (Å²) in [6.45, 7) is 3.62. The number of amides is 5. The summed E-state index contributed by atoms with van der Waals surface area (Å²) in [5.74, 6) is -0.542. The Labute approximate surface area is 286 Å². The summed E-state index contributed by atoms with van der Waals surface area (Å²) < 4.78 is 82.1. The fourth-order valence-corrected chi connectivity index (χ4v) is 7.67. The molecule has 9 nitrogen and oxygen atoms in total. The van der Waals surface area contributed by atoms with Gasteiger partial charge in [-0.25, -0.2) is 9.59 Å². The van der Waals surface area contributed by atoms with E-state index in [1.54, 1.807) is 9.80 Å². The maximum Gasteiger partial charge on any atom is 0.416 e. The van der Waals surface area contributed by atoms with E-state index in [2.05, 4.69) is 15.5 Å². The van der Waals surface area contributed by atoms with Crippen LogP contribution in [0.2, 0.25) is 0 Å². The molecule has 1 unspecified atom stereocenters. The number of likely N-dealkylation sites (tertiary alicyclic amines) is 3. The van der Waals surface area contributed by atoms with Gasteiger partial charge in [0.25, 0.3) is 0 Å². The standard InChI is InChI=1S/C35H42F6N6O3/c36-34(37,38)25-18-23(19-26(21-25)35(39,40)41)20-30(31(48)45-14-8-27(9-15-45)44-12-4-1-5-13-44)43-32(49)46-16-10-28(11-17-46)47-22-24-6-2-3-7-29(24)42-33(47)50/h2-3,6-7,18-19,21,27-28,30H,1,4-5,8-17,20,22H2,(H,42,50)(H,43,49). The van der Waals surface area contributed by atoms with Gasteiger partial charge < -0.3 is 30.2 Å². The molecule has 4 aliphatic heterocycles. The third-order valence-electron chi connectivity index (χ3n) is 10.4. The van der Waals surface area contributed by atoms with Crippen LogP contribution in [-0.4, -0.2) is 95.0 Å². The summed E-state index contributed by atoms with van der Waals surface area (Å²) in [5.41, 5.74) is -1.59. The maximum atomic E-state index is 13.9. The highest BCUT2D eigenvalue weighted by atomic mass is 19.4. The summed E-state index contributed by atoms with van der Waals surface area (Å²) in [5, 5.41) is 5.56. The van der Waals surface area contributed by atoms with Crippen LogP contribution in [0.3, 0.4) is 0 Å². The number of carbonyl (C=O) groups is 3. The molecule has 0 radical (unpaired) electrons. The van der Waals surface area contributed by atoms with Gasteiger partial charge in [0.15, 0.2) is 0 Å². The molecule has 4 heterocycles. The third-order valence-corrected chi connectivity index (χ3v) is 10.4. The molecule has 272 valence electrons. The Morgan fingerprint density at radius 1 is 0.780 bits per heavy atom. The number of benzene rings is 2. The van der Waals surface area contributed by atoms with Gasteiger partial charge in [0.1, 0.15) is 6.04 Å². The lowest BCUT2D eigenvalue weighted by Crippen LogP contribution is -2.57. The Hall–Kier alpha value is -4.01. The molecular formula is C35H42F6N6O3. The summed E-state index contributed by atoms with van der Waals surface area (Å²) >= 11 is 0. The van der Waals surface area contributed by atoms with Crippen molar-refractivity contribution in [3.05, 3.63) is 64.7 Å². The van der Waals surface area contributed by atoms with Crippen molar-refractivity contribution in [1.82, 2.24) is 24.9 Å². The van der Waals surface area contributed by atoms with Crippen LogP contribution >= 0.6 is 0 Å². The van der Waals surface area contributed by atoms with Crippen molar-refractivity contribution in [2.24, 2.45) is 0 Å². The SMILES string of the molecule is O=C(NC(Cc1cc(C(F)(F)F)cc(C(F)(F)F)c1)C(=O)N1CCC(N2CCCCC2)CC1)N1CCC(N2Cc3ccccc3NC2=O)CC1. The van der Waals surface area contributed by atoms with E-state index in [0.29, 0.717) is 63.5 Å². The minimum Gasteiger partial charge on any atom is -0.341 e. The lowest BCUT2D eigenvalue weighted by molar-refractivity contribution is -0.143. The second-order valence-electron chi connectivity index (χ2n) is 13.7. The maximum absolute atomic E-state index is 13.9. The van der Waals surface area contributed by atoms with E-state index in [1.807, 2.05) is 24.3 Å². The highest BCUT2D eigenvalue weighted by Gasteiger charge is 2.39. The quantitative estimate of drug-likeness (QED) is 0.344. The first-order valence-electron chi connectivity index (χ1n) is 17.3. The average Bonchev–Trinajstić information content (AvgIpc) is 3.10. The molecule has 15 heteroatoms. The second-order valence-corrected chi connectivity index (χ2v) is 13.7. The van der Waals surface area contributed by atoms with Gasteiger partial charge in [-0.15, -0.1) is 0 Å². The molecule has 1 atom stereocenters. The molecule has 0 aromatic heterocycles. The van der Waals surface area contributed by atoms with E-state index in [9.17, 15) is 40.7 Å². The van der Waals surface area contributed by atoms with Gasteiger partial charge in [-0.3, -0.25) is 4.79 Å².